The Morgan fingerprint density at radius 3 is 1.81 bits per heavy atom. The molecule has 5 heteroatoms. The van der Waals surface area contributed by atoms with Crippen molar-refractivity contribution in [2.75, 3.05) is 52.5 Å². The van der Waals surface area contributed by atoms with E-state index in [1.165, 1.54) is 86.5 Å². The van der Waals surface area contributed by atoms with Crippen LogP contribution in [-0.4, -0.2) is 66.8 Å². The molecule has 3 aromatic rings. The van der Waals surface area contributed by atoms with Crippen LogP contribution in [0.4, 0.5) is 0 Å². The summed E-state index contributed by atoms with van der Waals surface area (Å²) in [6.07, 6.45) is 8.05. The Balaban J connectivity index is 1.25. The normalized spacial score (nSPS) is 18.4. The van der Waals surface area contributed by atoms with Gasteiger partial charge in [-0.25, -0.2) is 0 Å². The molecule has 5 rings (SSSR count). The molecule has 2 saturated heterocycles. The van der Waals surface area contributed by atoms with Gasteiger partial charge in [0, 0.05) is 42.5 Å². The van der Waals surface area contributed by atoms with Crippen molar-refractivity contribution in [1.82, 2.24) is 14.4 Å². The molecule has 0 atom stereocenters. The van der Waals surface area contributed by atoms with Crippen LogP contribution in [0.5, 0.6) is 11.5 Å². The van der Waals surface area contributed by atoms with E-state index in [1.54, 1.807) is 0 Å². The molecule has 5 nitrogen and oxygen atoms in total. The van der Waals surface area contributed by atoms with Gasteiger partial charge in [-0.1, -0.05) is 12.8 Å². The van der Waals surface area contributed by atoms with Crippen molar-refractivity contribution in [1.29, 1.82) is 0 Å². The number of piperidine rings is 2. The molecular formula is C27H37N3O2. The molecule has 0 saturated carbocycles. The van der Waals surface area contributed by atoms with Crippen molar-refractivity contribution < 1.29 is 9.47 Å². The fourth-order valence-corrected chi connectivity index (χ4v) is 5.30. The maximum Gasteiger partial charge on any atom is 0.121 e. The molecule has 2 aliphatic heterocycles. The van der Waals surface area contributed by atoms with Gasteiger partial charge >= 0.3 is 0 Å². The van der Waals surface area contributed by atoms with E-state index in [-0.39, 0.29) is 0 Å². The Labute approximate surface area is 191 Å². The van der Waals surface area contributed by atoms with Gasteiger partial charge in [0.2, 0.25) is 0 Å². The van der Waals surface area contributed by atoms with E-state index in [2.05, 4.69) is 57.8 Å². The molecule has 0 radical (unpaired) electrons. The molecule has 0 amide bonds. The Morgan fingerprint density at radius 1 is 0.625 bits per heavy atom. The number of aromatic nitrogens is 1. The van der Waals surface area contributed by atoms with Gasteiger partial charge in [-0.05, 0) is 82.2 Å². The van der Waals surface area contributed by atoms with Crippen LogP contribution in [0.2, 0.25) is 0 Å². The van der Waals surface area contributed by atoms with Crippen molar-refractivity contribution in [3.63, 3.8) is 0 Å². The second kappa shape index (κ2) is 10.1. The number of hydrogen-bond acceptors (Lipinski definition) is 4. The lowest BCUT2D eigenvalue weighted by Gasteiger charge is -2.26. The number of benzene rings is 2. The first kappa shape index (κ1) is 21.6. The largest absolute Gasteiger partial charge is 0.492 e. The van der Waals surface area contributed by atoms with Gasteiger partial charge in [0.1, 0.15) is 24.7 Å². The average molecular weight is 436 g/mol. The SMILES string of the molecule is Cn1c2ccc(OCCN3CCCCC3)cc2c2ccc(OCCN3CCCCC3)cc21. The van der Waals surface area contributed by atoms with Crippen LogP contribution in [0.25, 0.3) is 21.8 Å². The van der Waals surface area contributed by atoms with E-state index in [4.69, 9.17) is 9.47 Å². The minimum absolute atomic E-state index is 0.754. The number of likely N-dealkylation sites (tertiary alicyclic amines) is 2. The summed E-state index contributed by atoms with van der Waals surface area (Å²) in [7, 11) is 2.14. The highest BCUT2D eigenvalue weighted by molar-refractivity contribution is 6.08. The standard InChI is InChI=1S/C27H37N3O2/c1-28-26-11-9-22(31-18-16-29-12-4-2-5-13-29)20-25(26)24-10-8-23(21-27(24)28)32-19-17-30-14-6-3-7-15-30/h8-11,20-21H,2-7,12-19H2,1H3. The van der Waals surface area contributed by atoms with Crippen LogP contribution < -0.4 is 9.47 Å². The molecule has 1 aromatic heterocycles. The number of rotatable bonds is 8. The molecule has 0 spiro atoms. The van der Waals surface area contributed by atoms with Crippen molar-refractivity contribution in [3.8, 4) is 11.5 Å². The van der Waals surface area contributed by atoms with Crippen LogP contribution in [0, 0.1) is 0 Å². The van der Waals surface area contributed by atoms with E-state index in [0.29, 0.717) is 0 Å². The monoisotopic (exact) mass is 435 g/mol. The second-order valence-electron chi connectivity index (χ2n) is 9.42. The highest BCUT2D eigenvalue weighted by Gasteiger charge is 2.13. The predicted octanol–water partition coefficient (Wildman–Crippen LogP) is 5.06. The van der Waals surface area contributed by atoms with E-state index >= 15 is 0 Å². The van der Waals surface area contributed by atoms with Gasteiger partial charge in [-0.2, -0.15) is 0 Å². The summed E-state index contributed by atoms with van der Waals surface area (Å²) >= 11 is 0. The molecule has 2 fully saturated rings. The van der Waals surface area contributed by atoms with Crippen molar-refractivity contribution >= 4 is 21.8 Å². The molecule has 0 N–H and O–H groups in total. The highest BCUT2D eigenvalue weighted by atomic mass is 16.5. The first-order chi connectivity index (χ1) is 15.8. The smallest absolute Gasteiger partial charge is 0.121 e. The third kappa shape index (κ3) is 4.89. The molecule has 32 heavy (non-hydrogen) atoms. The third-order valence-electron chi connectivity index (χ3n) is 7.20. The minimum Gasteiger partial charge on any atom is -0.492 e. The average Bonchev–Trinajstić information content (AvgIpc) is 3.11. The molecule has 0 aliphatic carbocycles. The zero-order valence-corrected chi connectivity index (χ0v) is 19.5. The molecular weight excluding hydrogens is 398 g/mol. The summed E-state index contributed by atoms with van der Waals surface area (Å²) < 4.78 is 14.5. The summed E-state index contributed by atoms with van der Waals surface area (Å²) in [6, 6.07) is 13.0. The van der Waals surface area contributed by atoms with E-state index < -0.39 is 0 Å². The van der Waals surface area contributed by atoms with E-state index in [1.807, 2.05) is 0 Å². The van der Waals surface area contributed by atoms with Gasteiger partial charge in [0.05, 0.1) is 5.52 Å². The van der Waals surface area contributed by atoms with Gasteiger partial charge in [0.25, 0.3) is 0 Å². The molecule has 0 bridgehead atoms. The van der Waals surface area contributed by atoms with Crippen molar-refractivity contribution in [3.05, 3.63) is 36.4 Å². The Hall–Kier alpha value is -2.24. The minimum atomic E-state index is 0.754. The Kier molecular flexibility index (Phi) is 6.84. The predicted molar refractivity (Wildman–Crippen MR) is 132 cm³/mol. The summed E-state index contributed by atoms with van der Waals surface area (Å²) in [6.45, 7) is 8.41. The Bertz CT molecular complexity index is 1030. The summed E-state index contributed by atoms with van der Waals surface area (Å²) in [4.78, 5) is 5.04. The summed E-state index contributed by atoms with van der Waals surface area (Å²) in [5.41, 5.74) is 2.44. The maximum absolute atomic E-state index is 6.13. The molecule has 2 aromatic carbocycles. The molecule has 0 unspecified atom stereocenters. The van der Waals surface area contributed by atoms with Crippen LogP contribution in [-0.2, 0) is 7.05 Å². The van der Waals surface area contributed by atoms with Crippen LogP contribution in [0.1, 0.15) is 38.5 Å². The lowest BCUT2D eigenvalue weighted by atomic mass is 10.1. The fraction of sp³-hybridized carbons (Fsp3) is 0.556. The van der Waals surface area contributed by atoms with Crippen LogP contribution in [0.15, 0.2) is 36.4 Å². The lowest BCUT2D eigenvalue weighted by Crippen LogP contribution is -2.33. The van der Waals surface area contributed by atoms with E-state index in [9.17, 15) is 0 Å². The van der Waals surface area contributed by atoms with Gasteiger partial charge in [-0.15, -0.1) is 0 Å². The molecule has 2 aliphatic rings. The van der Waals surface area contributed by atoms with Crippen LogP contribution in [0.3, 0.4) is 0 Å². The number of ether oxygens (including phenoxy) is 2. The zero-order chi connectivity index (χ0) is 21.8. The highest BCUT2D eigenvalue weighted by Crippen LogP contribution is 2.33. The topological polar surface area (TPSA) is 29.9 Å². The second-order valence-corrected chi connectivity index (χ2v) is 9.42. The van der Waals surface area contributed by atoms with Crippen molar-refractivity contribution in [2.24, 2.45) is 7.05 Å². The van der Waals surface area contributed by atoms with Gasteiger partial charge < -0.3 is 14.0 Å². The van der Waals surface area contributed by atoms with Crippen molar-refractivity contribution in [2.45, 2.75) is 38.5 Å². The summed E-state index contributed by atoms with van der Waals surface area (Å²) in [5.74, 6) is 1.92. The lowest BCUT2D eigenvalue weighted by molar-refractivity contribution is 0.183. The third-order valence-corrected chi connectivity index (χ3v) is 7.20. The van der Waals surface area contributed by atoms with Gasteiger partial charge in [-0.3, -0.25) is 9.80 Å². The number of aryl methyl sites for hydroxylation is 1. The van der Waals surface area contributed by atoms with E-state index in [0.717, 1.165) is 37.8 Å². The number of hydrogen-bond donors (Lipinski definition) is 0. The first-order valence-electron chi connectivity index (χ1n) is 12.5. The number of fused-ring (bicyclic) bond motifs is 3. The zero-order valence-electron chi connectivity index (χ0n) is 19.5. The molecule has 3 heterocycles. The maximum atomic E-state index is 6.13. The molecule has 172 valence electrons. The van der Waals surface area contributed by atoms with Gasteiger partial charge in [0.15, 0.2) is 0 Å². The summed E-state index contributed by atoms with van der Waals surface area (Å²) in [5, 5.41) is 2.50. The first-order valence-corrected chi connectivity index (χ1v) is 12.5. The number of nitrogens with zero attached hydrogens (tertiary/aromatic N) is 3. The van der Waals surface area contributed by atoms with Crippen LogP contribution >= 0.6 is 0 Å². The Morgan fingerprint density at radius 2 is 1.19 bits per heavy atom. The quantitative estimate of drug-likeness (QED) is 0.495. The fourth-order valence-electron chi connectivity index (χ4n) is 5.30.